The smallest absolute Gasteiger partial charge is 0.236 e. The predicted octanol–water partition coefficient (Wildman–Crippen LogP) is 2.67. The van der Waals surface area contributed by atoms with Crippen LogP contribution in [0.2, 0.25) is 10.0 Å². The quantitative estimate of drug-likeness (QED) is 0.773. The number of phenols is 1. The fraction of sp³-hybridized carbons (Fsp3) is 0.500. The van der Waals surface area contributed by atoms with Crippen LogP contribution < -0.4 is 5.32 Å². The lowest BCUT2D eigenvalue weighted by Gasteiger charge is -2.39. The standard InChI is InChI=1S/C8H14N2O.C6H4Cl2O/c11-8-6-9-5-7-3-1-2-4-10(7)8;7-5-2-1-4(9)3-6(5)8/h7,9H,1-6H2;1-3,9H/t7-;/m1./s1. The lowest BCUT2D eigenvalue weighted by molar-refractivity contribution is -0.136. The van der Waals surface area contributed by atoms with Gasteiger partial charge < -0.3 is 15.3 Å². The number of carbonyl (C=O) groups is 1. The van der Waals surface area contributed by atoms with Crippen molar-refractivity contribution in [3.8, 4) is 5.75 Å². The number of amides is 1. The van der Waals surface area contributed by atoms with Crippen molar-refractivity contribution in [2.24, 2.45) is 0 Å². The number of hydrogen-bond acceptors (Lipinski definition) is 3. The van der Waals surface area contributed by atoms with E-state index in [-0.39, 0.29) is 5.75 Å². The molecule has 1 aromatic rings. The van der Waals surface area contributed by atoms with E-state index in [9.17, 15) is 4.79 Å². The van der Waals surface area contributed by atoms with E-state index in [1.807, 2.05) is 4.90 Å². The molecular weight excluding hydrogens is 299 g/mol. The minimum Gasteiger partial charge on any atom is -0.508 e. The van der Waals surface area contributed by atoms with E-state index >= 15 is 0 Å². The summed E-state index contributed by atoms with van der Waals surface area (Å²) in [6.07, 6.45) is 3.68. The highest BCUT2D eigenvalue weighted by Gasteiger charge is 2.29. The summed E-state index contributed by atoms with van der Waals surface area (Å²) < 4.78 is 0. The molecule has 0 aromatic heterocycles. The van der Waals surface area contributed by atoms with Crippen LogP contribution in [0, 0.1) is 0 Å². The van der Waals surface area contributed by atoms with Gasteiger partial charge in [-0.1, -0.05) is 23.2 Å². The fourth-order valence-corrected chi connectivity index (χ4v) is 2.77. The second kappa shape index (κ2) is 7.16. The number of rotatable bonds is 0. The van der Waals surface area contributed by atoms with Crippen LogP contribution in [0.4, 0.5) is 0 Å². The number of hydrogen-bond donors (Lipinski definition) is 2. The molecule has 0 saturated carbocycles. The lowest BCUT2D eigenvalue weighted by Crippen LogP contribution is -2.56. The third kappa shape index (κ3) is 4.01. The summed E-state index contributed by atoms with van der Waals surface area (Å²) in [6, 6.07) is 4.92. The number of phenolic OH excluding ortho intramolecular Hbond substituents is 1. The second-order valence-corrected chi connectivity index (χ2v) is 5.78. The molecule has 1 atom stereocenters. The van der Waals surface area contributed by atoms with Crippen LogP contribution in [0.25, 0.3) is 0 Å². The SMILES string of the molecule is O=C1CNC[C@H]2CCCCN12.Oc1ccc(Cl)c(Cl)c1. The third-order valence-electron chi connectivity index (χ3n) is 3.51. The molecule has 110 valence electrons. The van der Waals surface area contributed by atoms with Crippen LogP contribution in [0.5, 0.6) is 5.75 Å². The van der Waals surface area contributed by atoms with Gasteiger partial charge in [-0.25, -0.2) is 0 Å². The summed E-state index contributed by atoms with van der Waals surface area (Å²) in [5.41, 5.74) is 0. The van der Waals surface area contributed by atoms with Crippen molar-refractivity contribution < 1.29 is 9.90 Å². The van der Waals surface area contributed by atoms with Crippen molar-refractivity contribution in [2.45, 2.75) is 25.3 Å². The summed E-state index contributed by atoms with van der Waals surface area (Å²) in [7, 11) is 0. The summed E-state index contributed by atoms with van der Waals surface area (Å²) in [5.74, 6) is 0.422. The maximum atomic E-state index is 11.3. The lowest BCUT2D eigenvalue weighted by atomic mass is 10.0. The molecule has 1 amide bonds. The van der Waals surface area contributed by atoms with Gasteiger partial charge in [0.15, 0.2) is 0 Å². The zero-order valence-electron chi connectivity index (χ0n) is 11.1. The Balaban J connectivity index is 0.000000151. The largest absolute Gasteiger partial charge is 0.508 e. The number of benzene rings is 1. The molecule has 2 aliphatic heterocycles. The average Bonchev–Trinajstić information content (AvgIpc) is 2.45. The zero-order valence-corrected chi connectivity index (χ0v) is 12.6. The zero-order chi connectivity index (χ0) is 14.5. The van der Waals surface area contributed by atoms with Gasteiger partial charge >= 0.3 is 0 Å². The number of halogens is 2. The highest BCUT2D eigenvalue weighted by Crippen LogP contribution is 2.25. The topological polar surface area (TPSA) is 52.6 Å². The van der Waals surface area contributed by atoms with Crippen molar-refractivity contribution in [1.82, 2.24) is 10.2 Å². The highest BCUT2D eigenvalue weighted by atomic mass is 35.5. The predicted molar refractivity (Wildman–Crippen MR) is 80.3 cm³/mol. The minimum absolute atomic E-state index is 0.129. The van der Waals surface area contributed by atoms with Gasteiger partial charge in [0.2, 0.25) is 5.91 Å². The Hall–Kier alpha value is -0.970. The molecule has 6 heteroatoms. The summed E-state index contributed by atoms with van der Waals surface area (Å²) in [6.45, 7) is 2.55. The Morgan fingerprint density at radius 1 is 1.25 bits per heavy atom. The number of fused-ring (bicyclic) bond motifs is 1. The molecule has 4 nitrogen and oxygen atoms in total. The van der Waals surface area contributed by atoms with Crippen LogP contribution in [0.3, 0.4) is 0 Å². The van der Waals surface area contributed by atoms with E-state index < -0.39 is 0 Å². The van der Waals surface area contributed by atoms with Crippen molar-refractivity contribution in [2.75, 3.05) is 19.6 Å². The van der Waals surface area contributed by atoms with Crippen LogP contribution in [0.15, 0.2) is 18.2 Å². The Morgan fingerprint density at radius 3 is 2.70 bits per heavy atom. The number of piperidine rings is 1. The first kappa shape index (κ1) is 15.4. The van der Waals surface area contributed by atoms with Crippen LogP contribution in [0.1, 0.15) is 19.3 Å². The van der Waals surface area contributed by atoms with Gasteiger partial charge in [-0.05, 0) is 37.5 Å². The van der Waals surface area contributed by atoms with Gasteiger partial charge in [-0.15, -0.1) is 0 Å². The van der Waals surface area contributed by atoms with Crippen molar-refractivity contribution in [3.63, 3.8) is 0 Å². The van der Waals surface area contributed by atoms with Gasteiger partial charge in [0.1, 0.15) is 5.75 Å². The molecule has 2 heterocycles. The molecule has 0 bridgehead atoms. The third-order valence-corrected chi connectivity index (χ3v) is 4.25. The van der Waals surface area contributed by atoms with Crippen LogP contribution in [-0.4, -0.2) is 41.6 Å². The van der Waals surface area contributed by atoms with E-state index in [4.69, 9.17) is 28.3 Å². The van der Waals surface area contributed by atoms with Crippen molar-refractivity contribution in [1.29, 1.82) is 0 Å². The molecule has 0 spiro atoms. The van der Waals surface area contributed by atoms with Crippen molar-refractivity contribution >= 4 is 29.1 Å². The summed E-state index contributed by atoms with van der Waals surface area (Å²) >= 11 is 11.1. The van der Waals surface area contributed by atoms with Gasteiger partial charge in [0.05, 0.1) is 16.6 Å². The van der Waals surface area contributed by atoms with Crippen LogP contribution in [-0.2, 0) is 4.79 Å². The van der Waals surface area contributed by atoms with E-state index in [0.717, 1.165) is 13.1 Å². The fourth-order valence-electron chi connectivity index (χ4n) is 2.47. The first-order chi connectivity index (χ1) is 9.58. The Labute approximate surface area is 128 Å². The molecule has 0 unspecified atom stereocenters. The minimum atomic E-state index is 0.129. The van der Waals surface area contributed by atoms with E-state index in [2.05, 4.69) is 5.32 Å². The number of nitrogens with one attached hydrogen (secondary N) is 1. The summed E-state index contributed by atoms with van der Waals surface area (Å²) in [4.78, 5) is 13.3. The normalized spacial score (nSPS) is 21.8. The number of nitrogens with zero attached hydrogens (tertiary/aromatic N) is 1. The maximum Gasteiger partial charge on any atom is 0.236 e. The van der Waals surface area contributed by atoms with E-state index in [0.29, 0.717) is 28.5 Å². The van der Waals surface area contributed by atoms with E-state index in [1.165, 1.54) is 31.4 Å². The molecule has 2 aliphatic rings. The molecule has 20 heavy (non-hydrogen) atoms. The van der Waals surface area contributed by atoms with Crippen LogP contribution >= 0.6 is 23.2 Å². The van der Waals surface area contributed by atoms with Gasteiger partial charge in [0.25, 0.3) is 0 Å². The van der Waals surface area contributed by atoms with Gasteiger partial charge in [0, 0.05) is 19.1 Å². The number of piperazine rings is 1. The average molecular weight is 317 g/mol. The Morgan fingerprint density at radius 2 is 2.05 bits per heavy atom. The molecule has 0 radical (unpaired) electrons. The molecule has 1 aromatic carbocycles. The first-order valence-corrected chi connectivity index (χ1v) is 7.47. The number of aromatic hydroxyl groups is 1. The first-order valence-electron chi connectivity index (χ1n) is 6.72. The van der Waals surface area contributed by atoms with E-state index in [1.54, 1.807) is 6.07 Å². The van der Waals surface area contributed by atoms with Crippen molar-refractivity contribution in [3.05, 3.63) is 28.2 Å². The monoisotopic (exact) mass is 316 g/mol. The Kier molecular flexibility index (Phi) is 5.52. The molecule has 2 N–H and O–H groups in total. The molecule has 3 rings (SSSR count). The molecule has 2 fully saturated rings. The summed E-state index contributed by atoms with van der Waals surface area (Å²) in [5, 5.41) is 12.8. The molecular formula is C14H18Cl2N2O2. The number of carbonyl (C=O) groups excluding carboxylic acids is 1. The van der Waals surface area contributed by atoms with Gasteiger partial charge in [-0.3, -0.25) is 4.79 Å². The highest BCUT2D eigenvalue weighted by molar-refractivity contribution is 6.42. The van der Waals surface area contributed by atoms with Gasteiger partial charge in [-0.2, -0.15) is 0 Å². The second-order valence-electron chi connectivity index (χ2n) is 4.97. The maximum absolute atomic E-state index is 11.3. The molecule has 2 saturated heterocycles. The Bertz CT molecular complexity index is 480. The molecule has 0 aliphatic carbocycles.